The largest absolute Gasteiger partial charge is 0.368 e. The van der Waals surface area contributed by atoms with Gasteiger partial charge in [0.25, 0.3) is 0 Å². The minimum Gasteiger partial charge on any atom is -0.368 e. The number of carbonyl (C=O) groups excluding carboxylic acids is 1. The molecule has 1 aliphatic rings. The van der Waals surface area contributed by atoms with Crippen LogP contribution in [0, 0.1) is 0 Å². The second kappa shape index (κ2) is 7.58. The summed E-state index contributed by atoms with van der Waals surface area (Å²) in [6.45, 7) is 2.04. The molecular weight excluding hydrogens is 302 g/mol. The lowest BCUT2D eigenvalue weighted by molar-refractivity contribution is -0.130. The highest BCUT2D eigenvalue weighted by Gasteiger charge is 2.16. The number of amides is 1. The normalized spacial score (nSPS) is 16.1. The van der Waals surface area contributed by atoms with Gasteiger partial charge in [0, 0.05) is 38.5 Å². The van der Waals surface area contributed by atoms with Crippen molar-refractivity contribution in [3.63, 3.8) is 0 Å². The van der Waals surface area contributed by atoms with Gasteiger partial charge in [0.05, 0.1) is 0 Å². The molecule has 1 fully saturated rings. The number of nitrogens with one attached hydrogen (secondary N) is 1. The summed E-state index contributed by atoms with van der Waals surface area (Å²) in [5, 5.41) is 2.97. The Morgan fingerprint density at radius 3 is 2.59 bits per heavy atom. The molecule has 0 aromatic carbocycles. The summed E-state index contributed by atoms with van der Waals surface area (Å²) in [5.41, 5.74) is 0. The van der Waals surface area contributed by atoms with Crippen LogP contribution in [0.2, 0.25) is 0 Å². The summed E-state index contributed by atoms with van der Waals surface area (Å²) >= 11 is 0. The van der Waals surface area contributed by atoms with Crippen molar-refractivity contribution in [1.29, 1.82) is 0 Å². The van der Waals surface area contributed by atoms with Crippen molar-refractivity contribution in [2.24, 2.45) is 0 Å². The summed E-state index contributed by atoms with van der Waals surface area (Å²) in [4.78, 5) is 18.3. The molecule has 1 amide bonds. The van der Waals surface area contributed by atoms with Gasteiger partial charge in [-0.05, 0) is 25.0 Å². The first-order valence-corrected chi connectivity index (χ1v) is 9.54. The third-order valence-corrected chi connectivity index (χ3v) is 4.89. The molecule has 0 aliphatic carbocycles. The predicted octanol–water partition coefficient (Wildman–Crippen LogP) is 1.69. The maximum Gasteiger partial charge on any atom is 0.224 e. The van der Waals surface area contributed by atoms with E-state index in [0.29, 0.717) is 18.8 Å². The molecule has 122 valence electrons. The van der Waals surface area contributed by atoms with Gasteiger partial charge in [-0.2, -0.15) is 0 Å². The molecule has 0 bridgehead atoms. The number of aromatic nitrogens is 1. The monoisotopic (exact) mass is 325 g/mol. The highest BCUT2D eigenvalue weighted by atomic mass is 32.2. The summed E-state index contributed by atoms with van der Waals surface area (Å²) in [6, 6.07) is 3.10. The van der Waals surface area contributed by atoms with Crippen molar-refractivity contribution in [3.05, 3.63) is 18.3 Å². The quantitative estimate of drug-likeness (QED) is 0.891. The smallest absolute Gasteiger partial charge is 0.224 e. The van der Waals surface area contributed by atoms with Crippen LogP contribution in [0.4, 0.5) is 5.82 Å². The SMILES string of the molecule is CS(=O)(=O)c1cccnc1NCCC(=O)N1CCCCCC1. The third kappa shape index (κ3) is 4.69. The van der Waals surface area contributed by atoms with Gasteiger partial charge in [0.1, 0.15) is 10.7 Å². The topological polar surface area (TPSA) is 79.4 Å². The first-order valence-electron chi connectivity index (χ1n) is 7.65. The molecule has 6 nitrogen and oxygen atoms in total. The van der Waals surface area contributed by atoms with E-state index in [1.165, 1.54) is 25.1 Å². The number of nitrogens with zero attached hydrogens (tertiary/aromatic N) is 2. The molecule has 1 N–H and O–H groups in total. The van der Waals surface area contributed by atoms with E-state index in [9.17, 15) is 13.2 Å². The van der Waals surface area contributed by atoms with Gasteiger partial charge < -0.3 is 10.2 Å². The van der Waals surface area contributed by atoms with Crippen LogP contribution >= 0.6 is 0 Å². The van der Waals surface area contributed by atoms with Crippen LogP contribution in [-0.4, -0.2) is 50.1 Å². The minimum atomic E-state index is -3.33. The van der Waals surface area contributed by atoms with Gasteiger partial charge in [0.15, 0.2) is 9.84 Å². The molecule has 0 spiro atoms. The molecule has 0 unspecified atom stereocenters. The Kier molecular flexibility index (Phi) is 5.76. The predicted molar refractivity (Wildman–Crippen MR) is 85.5 cm³/mol. The number of sulfone groups is 1. The number of carbonyl (C=O) groups is 1. The highest BCUT2D eigenvalue weighted by Crippen LogP contribution is 2.17. The second-order valence-corrected chi connectivity index (χ2v) is 7.58. The van der Waals surface area contributed by atoms with Gasteiger partial charge >= 0.3 is 0 Å². The van der Waals surface area contributed by atoms with Crippen molar-refractivity contribution in [1.82, 2.24) is 9.88 Å². The summed E-state index contributed by atoms with van der Waals surface area (Å²) in [6.07, 6.45) is 7.54. The zero-order valence-electron chi connectivity index (χ0n) is 12.9. The van der Waals surface area contributed by atoms with Gasteiger partial charge in [-0.1, -0.05) is 12.8 Å². The summed E-state index contributed by atoms with van der Waals surface area (Å²) in [7, 11) is -3.33. The Morgan fingerprint density at radius 1 is 1.27 bits per heavy atom. The van der Waals surface area contributed by atoms with Gasteiger partial charge in [-0.15, -0.1) is 0 Å². The molecule has 2 rings (SSSR count). The van der Waals surface area contributed by atoms with E-state index in [4.69, 9.17) is 0 Å². The average Bonchev–Trinajstić information content (AvgIpc) is 2.75. The van der Waals surface area contributed by atoms with E-state index in [2.05, 4.69) is 10.3 Å². The fourth-order valence-corrected chi connectivity index (χ4v) is 3.39. The lowest BCUT2D eigenvalue weighted by Crippen LogP contribution is -2.33. The van der Waals surface area contributed by atoms with Crippen molar-refractivity contribution >= 4 is 21.6 Å². The number of hydrogen-bond acceptors (Lipinski definition) is 5. The van der Waals surface area contributed by atoms with Gasteiger partial charge in [0.2, 0.25) is 5.91 Å². The van der Waals surface area contributed by atoms with Crippen LogP contribution < -0.4 is 5.32 Å². The van der Waals surface area contributed by atoms with Crippen LogP contribution in [-0.2, 0) is 14.6 Å². The van der Waals surface area contributed by atoms with Crippen LogP contribution in [0.25, 0.3) is 0 Å². The molecule has 1 saturated heterocycles. The van der Waals surface area contributed by atoms with E-state index in [-0.39, 0.29) is 10.8 Å². The number of rotatable bonds is 5. The van der Waals surface area contributed by atoms with Crippen LogP contribution in [0.1, 0.15) is 32.1 Å². The molecule has 2 heterocycles. The number of anilines is 1. The minimum absolute atomic E-state index is 0.117. The zero-order valence-corrected chi connectivity index (χ0v) is 13.7. The Hall–Kier alpha value is -1.63. The van der Waals surface area contributed by atoms with Crippen molar-refractivity contribution < 1.29 is 13.2 Å². The molecule has 0 atom stereocenters. The van der Waals surface area contributed by atoms with Gasteiger partial charge in [-0.25, -0.2) is 13.4 Å². The van der Waals surface area contributed by atoms with Crippen LogP contribution in [0.3, 0.4) is 0 Å². The number of hydrogen-bond donors (Lipinski definition) is 1. The van der Waals surface area contributed by atoms with Crippen molar-refractivity contribution in [2.45, 2.75) is 37.0 Å². The molecule has 1 aromatic heterocycles. The molecule has 7 heteroatoms. The van der Waals surface area contributed by atoms with Crippen molar-refractivity contribution in [3.8, 4) is 0 Å². The standard InChI is InChI=1S/C15H23N3O3S/c1-22(20,21)13-7-6-9-16-15(13)17-10-8-14(19)18-11-4-2-3-5-12-18/h6-7,9H,2-5,8,10-12H2,1H3,(H,16,17). The number of likely N-dealkylation sites (tertiary alicyclic amines) is 1. The Labute approximate surface area is 131 Å². The maximum absolute atomic E-state index is 12.2. The second-order valence-electron chi connectivity index (χ2n) is 5.59. The van der Waals surface area contributed by atoms with E-state index >= 15 is 0 Å². The fraction of sp³-hybridized carbons (Fsp3) is 0.600. The molecular formula is C15H23N3O3S. The fourth-order valence-electron chi connectivity index (χ4n) is 2.59. The third-order valence-electron chi connectivity index (χ3n) is 3.76. The lowest BCUT2D eigenvalue weighted by atomic mass is 10.2. The molecule has 0 radical (unpaired) electrons. The first-order chi connectivity index (χ1) is 10.5. The van der Waals surface area contributed by atoms with E-state index in [0.717, 1.165) is 32.2 Å². The Balaban J connectivity index is 1.90. The maximum atomic E-state index is 12.2. The molecule has 0 saturated carbocycles. The lowest BCUT2D eigenvalue weighted by Gasteiger charge is -2.20. The zero-order chi connectivity index (χ0) is 16.0. The molecule has 22 heavy (non-hydrogen) atoms. The molecule has 1 aliphatic heterocycles. The van der Waals surface area contributed by atoms with Crippen molar-refractivity contribution in [2.75, 3.05) is 31.2 Å². The van der Waals surface area contributed by atoms with E-state index < -0.39 is 9.84 Å². The highest BCUT2D eigenvalue weighted by molar-refractivity contribution is 7.90. The van der Waals surface area contributed by atoms with E-state index in [1.54, 1.807) is 6.07 Å². The Bertz CT molecular complexity index is 608. The summed E-state index contributed by atoms with van der Waals surface area (Å²) in [5.74, 6) is 0.430. The first kappa shape index (κ1) is 16.7. The van der Waals surface area contributed by atoms with E-state index in [1.807, 2.05) is 4.90 Å². The Morgan fingerprint density at radius 2 is 1.95 bits per heavy atom. The van der Waals surface area contributed by atoms with Crippen LogP contribution in [0.5, 0.6) is 0 Å². The summed E-state index contributed by atoms with van der Waals surface area (Å²) < 4.78 is 23.4. The van der Waals surface area contributed by atoms with Gasteiger partial charge in [-0.3, -0.25) is 4.79 Å². The van der Waals surface area contributed by atoms with Crippen LogP contribution in [0.15, 0.2) is 23.2 Å². The molecule has 1 aromatic rings. The number of pyridine rings is 1. The average molecular weight is 325 g/mol.